The van der Waals surface area contributed by atoms with Crippen LogP contribution in [0.5, 0.6) is 0 Å². The SMILES string of the molecule is Cc1ccc(C(C)(C)C)c(-c2ncccc2C(C)(C)C)n1. The van der Waals surface area contributed by atoms with Gasteiger partial charge in [0.2, 0.25) is 0 Å². The molecule has 0 aliphatic carbocycles. The van der Waals surface area contributed by atoms with Gasteiger partial charge in [0.25, 0.3) is 0 Å². The van der Waals surface area contributed by atoms with E-state index in [1.54, 1.807) is 0 Å². The Hall–Kier alpha value is -1.70. The second-order valence-electron chi connectivity index (χ2n) is 7.75. The minimum Gasteiger partial charge on any atom is -0.254 e. The molecule has 0 amide bonds. The minimum absolute atomic E-state index is 0.0444. The Balaban J connectivity index is 2.77. The fourth-order valence-corrected chi connectivity index (χ4v) is 2.54. The topological polar surface area (TPSA) is 25.8 Å². The molecular formula is C19H26N2. The predicted octanol–water partition coefficient (Wildman–Crippen LogP) is 5.05. The van der Waals surface area contributed by atoms with E-state index >= 15 is 0 Å². The van der Waals surface area contributed by atoms with E-state index in [9.17, 15) is 0 Å². The van der Waals surface area contributed by atoms with Crippen LogP contribution in [-0.4, -0.2) is 9.97 Å². The highest BCUT2D eigenvalue weighted by atomic mass is 14.8. The average Bonchev–Trinajstić information content (AvgIpc) is 2.36. The van der Waals surface area contributed by atoms with Crippen LogP contribution in [0.15, 0.2) is 30.5 Å². The summed E-state index contributed by atoms with van der Waals surface area (Å²) in [5.74, 6) is 0. The van der Waals surface area contributed by atoms with Gasteiger partial charge in [0.05, 0.1) is 11.4 Å². The number of aryl methyl sites for hydroxylation is 1. The van der Waals surface area contributed by atoms with E-state index in [1.165, 1.54) is 11.1 Å². The van der Waals surface area contributed by atoms with Gasteiger partial charge >= 0.3 is 0 Å². The van der Waals surface area contributed by atoms with Gasteiger partial charge < -0.3 is 0 Å². The Morgan fingerprint density at radius 2 is 1.33 bits per heavy atom. The third kappa shape index (κ3) is 3.31. The van der Waals surface area contributed by atoms with Gasteiger partial charge in [-0.15, -0.1) is 0 Å². The summed E-state index contributed by atoms with van der Waals surface area (Å²) in [7, 11) is 0. The molecule has 2 heteroatoms. The molecule has 21 heavy (non-hydrogen) atoms. The van der Waals surface area contributed by atoms with E-state index in [2.05, 4.69) is 64.7 Å². The lowest BCUT2D eigenvalue weighted by atomic mass is 9.80. The van der Waals surface area contributed by atoms with Crippen molar-refractivity contribution in [2.45, 2.75) is 59.3 Å². The van der Waals surface area contributed by atoms with Gasteiger partial charge in [-0.05, 0) is 41.0 Å². The maximum absolute atomic E-state index is 4.82. The van der Waals surface area contributed by atoms with Gasteiger partial charge in [-0.2, -0.15) is 0 Å². The van der Waals surface area contributed by atoms with Gasteiger partial charge in [-0.25, -0.2) is 0 Å². The monoisotopic (exact) mass is 282 g/mol. The van der Waals surface area contributed by atoms with Crippen molar-refractivity contribution in [3.8, 4) is 11.4 Å². The number of pyridine rings is 2. The van der Waals surface area contributed by atoms with Crippen molar-refractivity contribution >= 4 is 0 Å². The van der Waals surface area contributed by atoms with E-state index < -0.39 is 0 Å². The third-order valence-corrected chi connectivity index (χ3v) is 3.68. The lowest BCUT2D eigenvalue weighted by molar-refractivity contribution is 0.580. The summed E-state index contributed by atoms with van der Waals surface area (Å²) in [6.45, 7) is 15.4. The molecule has 0 bridgehead atoms. The summed E-state index contributed by atoms with van der Waals surface area (Å²) >= 11 is 0. The van der Waals surface area contributed by atoms with Crippen molar-refractivity contribution in [2.24, 2.45) is 0 Å². The van der Waals surface area contributed by atoms with E-state index in [-0.39, 0.29) is 10.8 Å². The molecule has 2 heterocycles. The second kappa shape index (κ2) is 5.25. The van der Waals surface area contributed by atoms with Gasteiger partial charge in [0.1, 0.15) is 0 Å². The lowest BCUT2D eigenvalue weighted by Gasteiger charge is -2.26. The average molecular weight is 282 g/mol. The van der Waals surface area contributed by atoms with Crippen molar-refractivity contribution in [3.63, 3.8) is 0 Å². The van der Waals surface area contributed by atoms with Crippen LogP contribution in [0.1, 0.15) is 58.4 Å². The molecule has 0 spiro atoms. The van der Waals surface area contributed by atoms with Crippen LogP contribution in [0.25, 0.3) is 11.4 Å². The molecule has 0 atom stereocenters. The van der Waals surface area contributed by atoms with Gasteiger partial charge in [-0.3, -0.25) is 9.97 Å². The smallest absolute Gasteiger partial charge is 0.0929 e. The highest BCUT2D eigenvalue weighted by Crippen LogP contribution is 2.36. The first-order chi connectivity index (χ1) is 9.60. The lowest BCUT2D eigenvalue weighted by Crippen LogP contribution is -2.18. The number of hydrogen-bond donors (Lipinski definition) is 0. The summed E-state index contributed by atoms with van der Waals surface area (Å²) in [6, 6.07) is 8.46. The molecule has 2 nitrogen and oxygen atoms in total. The molecule has 0 aliphatic heterocycles. The molecular weight excluding hydrogens is 256 g/mol. The zero-order valence-electron chi connectivity index (χ0n) is 14.3. The molecule has 112 valence electrons. The van der Waals surface area contributed by atoms with Crippen LogP contribution >= 0.6 is 0 Å². The Labute approximate surface area is 128 Å². The van der Waals surface area contributed by atoms with E-state index in [0.29, 0.717) is 0 Å². The molecule has 0 unspecified atom stereocenters. The maximum Gasteiger partial charge on any atom is 0.0929 e. The summed E-state index contributed by atoms with van der Waals surface area (Å²) in [5.41, 5.74) is 5.65. The Morgan fingerprint density at radius 3 is 1.90 bits per heavy atom. The van der Waals surface area contributed by atoms with Crippen molar-refractivity contribution in [1.82, 2.24) is 9.97 Å². The second-order valence-corrected chi connectivity index (χ2v) is 7.75. The standard InChI is InChI=1S/C19H26N2/c1-13-10-11-15(19(5,6)7)17(21-13)16-14(18(2,3)4)9-8-12-20-16/h8-12H,1-7H3. The van der Waals surface area contributed by atoms with Crippen LogP contribution in [0.2, 0.25) is 0 Å². The van der Waals surface area contributed by atoms with Crippen LogP contribution in [-0.2, 0) is 10.8 Å². The van der Waals surface area contributed by atoms with E-state index in [4.69, 9.17) is 4.98 Å². The molecule has 0 N–H and O–H groups in total. The normalized spacial score (nSPS) is 12.5. The van der Waals surface area contributed by atoms with Crippen molar-refractivity contribution in [2.75, 3.05) is 0 Å². The quantitative estimate of drug-likeness (QED) is 0.731. The molecule has 2 aromatic rings. The minimum atomic E-state index is 0.0444. The summed E-state index contributed by atoms with van der Waals surface area (Å²) in [4.78, 5) is 9.49. The highest BCUT2D eigenvalue weighted by molar-refractivity contribution is 5.65. The molecule has 0 aliphatic rings. The first kappa shape index (κ1) is 15.7. The Morgan fingerprint density at radius 1 is 0.762 bits per heavy atom. The number of rotatable bonds is 1. The van der Waals surface area contributed by atoms with Crippen LogP contribution in [0.3, 0.4) is 0 Å². The van der Waals surface area contributed by atoms with Crippen LogP contribution in [0.4, 0.5) is 0 Å². The molecule has 0 aromatic carbocycles. The predicted molar refractivity (Wildman–Crippen MR) is 89.6 cm³/mol. The fourth-order valence-electron chi connectivity index (χ4n) is 2.54. The van der Waals surface area contributed by atoms with Gasteiger partial charge in [0.15, 0.2) is 0 Å². The van der Waals surface area contributed by atoms with Crippen molar-refractivity contribution in [3.05, 3.63) is 47.3 Å². The summed E-state index contributed by atoms with van der Waals surface area (Å²) in [6.07, 6.45) is 1.86. The van der Waals surface area contributed by atoms with Gasteiger partial charge in [-0.1, -0.05) is 53.7 Å². The van der Waals surface area contributed by atoms with Crippen molar-refractivity contribution < 1.29 is 0 Å². The highest BCUT2D eigenvalue weighted by Gasteiger charge is 2.25. The largest absolute Gasteiger partial charge is 0.254 e. The molecule has 0 saturated heterocycles. The number of hydrogen-bond acceptors (Lipinski definition) is 2. The van der Waals surface area contributed by atoms with Crippen LogP contribution < -0.4 is 0 Å². The first-order valence-corrected chi connectivity index (χ1v) is 7.55. The molecule has 0 saturated carbocycles. The molecule has 0 radical (unpaired) electrons. The fraction of sp³-hybridized carbons (Fsp3) is 0.474. The third-order valence-electron chi connectivity index (χ3n) is 3.68. The number of aromatic nitrogens is 2. The maximum atomic E-state index is 4.82. The van der Waals surface area contributed by atoms with Crippen LogP contribution in [0, 0.1) is 6.92 Å². The molecule has 2 rings (SSSR count). The van der Waals surface area contributed by atoms with E-state index in [1.807, 2.05) is 19.2 Å². The zero-order valence-corrected chi connectivity index (χ0v) is 14.3. The Kier molecular flexibility index (Phi) is 3.92. The van der Waals surface area contributed by atoms with Crippen molar-refractivity contribution in [1.29, 1.82) is 0 Å². The Bertz CT molecular complexity index is 643. The molecule has 0 fully saturated rings. The van der Waals surface area contributed by atoms with E-state index in [0.717, 1.165) is 17.1 Å². The zero-order chi connectivity index (χ0) is 15.8. The summed E-state index contributed by atoms with van der Waals surface area (Å²) in [5, 5.41) is 0. The van der Waals surface area contributed by atoms with Gasteiger partial charge in [0, 0.05) is 11.9 Å². The first-order valence-electron chi connectivity index (χ1n) is 7.55. The molecule has 2 aromatic heterocycles. The summed E-state index contributed by atoms with van der Waals surface area (Å²) < 4.78 is 0. The number of nitrogens with zero attached hydrogens (tertiary/aromatic N) is 2.